The number of hydrogen-bond acceptors (Lipinski definition) is 6. The minimum Gasteiger partial charge on any atom is -0.496 e. The van der Waals surface area contributed by atoms with Crippen LogP contribution in [0.4, 0.5) is 5.69 Å². The van der Waals surface area contributed by atoms with Gasteiger partial charge in [0.05, 0.1) is 18.2 Å². The van der Waals surface area contributed by atoms with Gasteiger partial charge in [0.25, 0.3) is 5.91 Å². The smallest absolute Gasteiger partial charge is 0.275 e. The molecule has 0 aliphatic rings. The molecule has 28 heavy (non-hydrogen) atoms. The van der Waals surface area contributed by atoms with Gasteiger partial charge < -0.3 is 10.1 Å². The molecule has 140 valence electrons. The lowest BCUT2D eigenvalue weighted by molar-refractivity contribution is 0.102. The molecule has 2 aromatic heterocycles. The molecular weight excluding hydrogens is 398 g/mol. The van der Waals surface area contributed by atoms with E-state index in [1.807, 2.05) is 12.1 Å². The van der Waals surface area contributed by atoms with E-state index in [2.05, 4.69) is 25.5 Å². The fourth-order valence-corrected chi connectivity index (χ4v) is 3.30. The van der Waals surface area contributed by atoms with Crippen LogP contribution in [0.3, 0.4) is 0 Å². The molecule has 1 amide bonds. The molecule has 0 aliphatic heterocycles. The average molecular weight is 412 g/mol. The first kappa shape index (κ1) is 18.1. The summed E-state index contributed by atoms with van der Waals surface area (Å²) in [5, 5.41) is 12.3. The van der Waals surface area contributed by atoms with Gasteiger partial charge in [-0.25, -0.2) is 9.97 Å². The van der Waals surface area contributed by atoms with Crippen LogP contribution in [-0.2, 0) is 0 Å². The molecule has 2 aromatic carbocycles. The number of aromatic amines is 1. The van der Waals surface area contributed by atoms with E-state index in [1.165, 1.54) is 11.3 Å². The number of methoxy groups -OCH3 is 1. The third kappa shape index (κ3) is 3.73. The van der Waals surface area contributed by atoms with Gasteiger partial charge in [0, 0.05) is 21.7 Å². The van der Waals surface area contributed by atoms with Gasteiger partial charge in [-0.3, -0.25) is 9.89 Å². The summed E-state index contributed by atoms with van der Waals surface area (Å²) in [5.41, 5.74) is 4.20. The van der Waals surface area contributed by atoms with Crippen molar-refractivity contribution in [2.45, 2.75) is 0 Å². The Labute approximate surface area is 169 Å². The van der Waals surface area contributed by atoms with Crippen LogP contribution in [0.5, 0.6) is 5.75 Å². The van der Waals surface area contributed by atoms with Crippen molar-refractivity contribution in [3.63, 3.8) is 0 Å². The lowest BCUT2D eigenvalue weighted by atomic mass is 10.2. The number of thiazole rings is 1. The highest BCUT2D eigenvalue weighted by Gasteiger charge is 2.13. The van der Waals surface area contributed by atoms with Crippen molar-refractivity contribution >= 4 is 34.5 Å². The molecule has 0 bridgehead atoms. The molecule has 9 heteroatoms. The Morgan fingerprint density at radius 1 is 1.21 bits per heavy atom. The zero-order valence-electron chi connectivity index (χ0n) is 14.6. The third-order valence-electron chi connectivity index (χ3n) is 3.97. The zero-order valence-corrected chi connectivity index (χ0v) is 16.2. The van der Waals surface area contributed by atoms with Crippen LogP contribution in [0.15, 0.2) is 53.4 Å². The third-order valence-corrected chi connectivity index (χ3v) is 4.79. The maximum atomic E-state index is 12.1. The number of carbonyl (C=O) groups excluding carboxylic acids is 1. The summed E-state index contributed by atoms with van der Waals surface area (Å²) < 4.78 is 5.36. The average Bonchev–Trinajstić information content (AvgIpc) is 3.41. The number of benzene rings is 2. The van der Waals surface area contributed by atoms with Crippen molar-refractivity contribution in [1.82, 2.24) is 20.2 Å². The van der Waals surface area contributed by atoms with E-state index < -0.39 is 0 Å². The van der Waals surface area contributed by atoms with E-state index in [0.717, 1.165) is 11.1 Å². The largest absolute Gasteiger partial charge is 0.496 e. The van der Waals surface area contributed by atoms with Gasteiger partial charge in [-0.2, -0.15) is 5.10 Å². The van der Waals surface area contributed by atoms with Gasteiger partial charge in [-0.1, -0.05) is 11.6 Å². The van der Waals surface area contributed by atoms with Crippen molar-refractivity contribution in [3.05, 3.63) is 64.1 Å². The fraction of sp³-hybridized carbons (Fsp3) is 0.0526. The van der Waals surface area contributed by atoms with E-state index in [9.17, 15) is 4.79 Å². The van der Waals surface area contributed by atoms with E-state index in [-0.39, 0.29) is 5.91 Å². The molecule has 0 aliphatic carbocycles. The van der Waals surface area contributed by atoms with Crippen LogP contribution in [0, 0.1) is 0 Å². The predicted octanol–water partition coefficient (Wildman–Crippen LogP) is 4.51. The topological polar surface area (TPSA) is 92.8 Å². The van der Waals surface area contributed by atoms with Gasteiger partial charge in [0.15, 0.2) is 11.6 Å². The zero-order chi connectivity index (χ0) is 19.5. The number of amides is 1. The second kappa shape index (κ2) is 7.79. The molecule has 0 radical (unpaired) electrons. The molecule has 4 aromatic rings. The number of halogens is 1. The molecule has 0 saturated carbocycles. The van der Waals surface area contributed by atoms with Crippen LogP contribution < -0.4 is 10.1 Å². The van der Waals surface area contributed by atoms with E-state index in [0.29, 0.717) is 33.8 Å². The number of nitrogens with one attached hydrogen (secondary N) is 2. The van der Waals surface area contributed by atoms with Gasteiger partial charge in [0.1, 0.15) is 11.4 Å². The molecule has 2 N–H and O–H groups in total. The highest BCUT2D eigenvalue weighted by Crippen LogP contribution is 2.31. The first-order valence-corrected chi connectivity index (χ1v) is 9.52. The summed E-state index contributed by atoms with van der Waals surface area (Å²) in [6.45, 7) is 0. The first-order chi connectivity index (χ1) is 13.6. The molecule has 7 nitrogen and oxygen atoms in total. The number of rotatable bonds is 5. The fourth-order valence-electron chi connectivity index (χ4n) is 2.60. The van der Waals surface area contributed by atoms with Gasteiger partial charge in [-0.05, 0) is 42.5 Å². The van der Waals surface area contributed by atoms with Gasteiger partial charge in [0.2, 0.25) is 0 Å². The maximum absolute atomic E-state index is 12.1. The van der Waals surface area contributed by atoms with Crippen molar-refractivity contribution in [1.29, 1.82) is 0 Å². The summed E-state index contributed by atoms with van der Waals surface area (Å²) in [5.74, 6) is 1.47. The van der Waals surface area contributed by atoms with Crippen molar-refractivity contribution in [2.75, 3.05) is 12.4 Å². The predicted molar refractivity (Wildman–Crippen MR) is 109 cm³/mol. The number of ether oxygens (including phenoxy) is 1. The Kier molecular flexibility index (Phi) is 5.05. The molecule has 4 rings (SSSR count). The van der Waals surface area contributed by atoms with Crippen LogP contribution in [0.1, 0.15) is 10.5 Å². The van der Waals surface area contributed by atoms with Crippen molar-refractivity contribution in [2.24, 2.45) is 0 Å². The summed E-state index contributed by atoms with van der Waals surface area (Å²) in [6, 6.07) is 12.5. The number of carbonyl (C=O) groups is 1. The van der Waals surface area contributed by atoms with E-state index >= 15 is 0 Å². The lowest BCUT2D eigenvalue weighted by Crippen LogP contribution is -2.11. The van der Waals surface area contributed by atoms with Crippen LogP contribution in [0.2, 0.25) is 5.02 Å². The Balaban J connectivity index is 1.54. The van der Waals surface area contributed by atoms with Crippen molar-refractivity contribution in [3.8, 4) is 28.5 Å². The standard InChI is InChI=1S/C19H14ClN5O2S/c1-27-16-7-4-12(20)8-14(16)18-23-17(24-25-18)11-2-5-13(6-3-11)22-19(26)15-9-28-10-21-15/h2-10H,1H3,(H,22,26)(H,23,24,25). The lowest BCUT2D eigenvalue weighted by Gasteiger charge is -2.05. The Morgan fingerprint density at radius 2 is 2.04 bits per heavy atom. The molecule has 0 spiro atoms. The summed E-state index contributed by atoms with van der Waals surface area (Å²) in [4.78, 5) is 20.6. The Morgan fingerprint density at radius 3 is 2.75 bits per heavy atom. The number of hydrogen-bond donors (Lipinski definition) is 2. The van der Waals surface area contributed by atoms with Gasteiger partial charge >= 0.3 is 0 Å². The second-order valence-corrected chi connectivity index (χ2v) is 6.91. The molecule has 0 saturated heterocycles. The molecule has 0 atom stereocenters. The number of H-pyrrole nitrogens is 1. The van der Waals surface area contributed by atoms with E-state index in [1.54, 1.807) is 48.3 Å². The van der Waals surface area contributed by atoms with Crippen LogP contribution >= 0.6 is 22.9 Å². The summed E-state index contributed by atoms with van der Waals surface area (Å²) >= 11 is 7.46. The minimum absolute atomic E-state index is 0.248. The highest BCUT2D eigenvalue weighted by molar-refractivity contribution is 7.07. The molecular formula is C19H14ClN5O2S. The van der Waals surface area contributed by atoms with Crippen molar-refractivity contribution < 1.29 is 9.53 Å². The summed E-state index contributed by atoms with van der Waals surface area (Å²) in [6.07, 6.45) is 0. The van der Waals surface area contributed by atoms with E-state index in [4.69, 9.17) is 16.3 Å². The Hall–Kier alpha value is -3.23. The Bertz CT molecular complexity index is 1110. The number of aromatic nitrogens is 4. The normalized spacial score (nSPS) is 10.6. The van der Waals surface area contributed by atoms with Gasteiger partial charge in [-0.15, -0.1) is 11.3 Å². The molecule has 0 unspecified atom stereocenters. The summed E-state index contributed by atoms with van der Waals surface area (Å²) in [7, 11) is 1.59. The maximum Gasteiger partial charge on any atom is 0.275 e. The molecule has 2 heterocycles. The number of nitrogens with zero attached hydrogens (tertiary/aromatic N) is 3. The van der Waals surface area contributed by atoms with Crippen LogP contribution in [0.25, 0.3) is 22.8 Å². The highest BCUT2D eigenvalue weighted by atomic mass is 35.5. The molecule has 0 fully saturated rings. The monoisotopic (exact) mass is 411 g/mol. The SMILES string of the molecule is COc1ccc(Cl)cc1-c1nc(-c2ccc(NC(=O)c3cscn3)cc2)n[nH]1. The quantitative estimate of drug-likeness (QED) is 0.504. The minimum atomic E-state index is -0.248. The first-order valence-electron chi connectivity index (χ1n) is 8.20. The van der Waals surface area contributed by atoms with Crippen LogP contribution in [-0.4, -0.2) is 33.2 Å². The number of anilines is 1. The second-order valence-electron chi connectivity index (χ2n) is 5.76.